The molecule has 2 fully saturated rings. The van der Waals surface area contributed by atoms with Crippen LogP contribution in [0.3, 0.4) is 0 Å². The van der Waals surface area contributed by atoms with Crippen molar-refractivity contribution in [1.29, 1.82) is 5.26 Å². The van der Waals surface area contributed by atoms with Gasteiger partial charge in [0.25, 0.3) is 11.5 Å². The number of pyridine rings is 1. The van der Waals surface area contributed by atoms with Gasteiger partial charge >= 0.3 is 0 Å². The number of carbonyl (C=O) groups is 1. The van der Waals surface area contributed by atoms with Gasteiger partial charge in [-0.3, -0.25) is 19.1 Å². The van der Waals surface area contributed by atoms with Crippen LogP contribution in [-0.2, 0) is 11.8 Å². The number of unbranched alkanes of at least 4 members (excludes halogenated alkanes) is 3. The van der Waals surface area contributed by atoms with Crippen molar-refractivity contribution in [3.8, 4) is 6.07 Å². The Hall–Kier alpha value is -2.11. The van der Waals surface area contributed by atoms with Gasteiger partial charge in [0, 0.05) is 32.2 Å². The van der Waals surface area contributed by atoms with Crippen LogP contribution >= 0.6 is 24.0 Å². The van der Waals surface area contributed by atoms with E-state index in [4.69, 9.17) is 12.2 Å². The first kappa shape index (κ1) is 25.5. The van der Waals surface area contributed by atoms with Gasteiger partial charge in [-0.05, 0) is 43.2 Å². The Bertz CT molecular complexity index is 1060. The second-order valence-electron chi connectivity index (χ2n) is 9.46. The number of carbonyl (C=O) groups excluding carboxylic acids is 1. The predicted octanol–water partition coefficient (Wildman–Crippen LogP) is 4.83. The zero-order chi connectivity index (χ0) is 24.3. The summed E-state index contributed by atoms with van der Waals surface area (Å²) in [5.74, 6) is 1.69. The zero-order valence-electron chi connectivity index (χ0n) is 20.3. The van der Waals surface area contributed by atoms with Crippen molar-refractivity contribution < 1.29 is 4.79 Å². The molecule has 0 spiro atoms. The Kier molecular flexibility index (Phi) is 8.41. The summed E-state index contributed by atoms with van der Waals surface area (Å²) in [7, 11) is 1.72. The summed E-state index contributed by atoms with van der Waals surface area (Å²) in [6, 6.07) is 2.08. The maximum atomic E-state index is 13.2. The summed E-state index contributed by atoms with van der Waals surface area (Å²) in [6.45, 7) is 10.7. The number of amides is 1. The zero-order valence-corrected chi connectivity index (χ0v) is 21.9. The molecule has 1 amide bonds. The fourth-order valence-corrected chi connectivity index (χ4v) is 6.24. The van der Waals surface area contributed by atoms with Crippen LogP contribution in [0, 0.1) is 30.1 Å². The third-order valence-electron chi connectivity index (χ3n) is 6.52. The number of piperidine rings is 1. The molecule has 3 rings (SSSR count). The molecular formula is C25H34N4O2S2. The molecule has 0 bridgehead atoms. The van der Waals surface area contributed by atoms with E-state index in [9.17, 15) is 14.9 Å². The molecular weight excluding hydrogens is 452 g/mol. The molecule has 3 heterocycles. The Balaban J connectivity index is 2.05. The minimum atomic E-state index is -0.295. The summed E-state index contributed by atoms with van der Waals surface area (Å²) >= 11 is 6.82. The molecule has 2 saturated heterocycles. The lowest BCUT2D eigenvalue weighted by molar-refractivity contribution is -0.122. The molecule has 33 heavy (non-hydrogen) atoms. The standard InChI is InChI=1S/C25H34N4O2S2/c1-6-7-8-9-10-29-24(31)21(33-25(29)32)12-19-18(4)20(13-26)23(30)27(5)22(19)28-14-16(2)11-17(3)15-28/h12,16-17H,6-11,14-15H2,1-5H3/b21-12+. The number of rotatable bonds is 7. The number of nitrogens with zero attached hydrogens (tertiary/aromatic N) is 4. The average molecular weight is 487 g/mol. The lowest BCUT2D eigenvalue weighted by Crippen LogP contribution is -2.42. The first-order valence-electron chi connectivity index (χ1n) is 11.8. The van der Waals surface area contributed by atoms with E-state index in [1.54, 1.807) is 23.4 Å². The first-order chi connectivity index (χ1) is 15.7. The number of thioether (sulfide) groups is 1. The smallest absolute Gasteiger partial charge is 0.270 e. The van der Waals surface area contributed by atoms with Crippen LogP contribution in [0.5, 0.6) is 0 Å². The second-order valence-corrected chi connectivity index (χ2v) is 11.1. The highest BCUT2D eigenvalue weighted by Gasteiger charge is 2.33. The van der Waals surface area contributed by atoms with Crippen LogP contribution in [0.15, 0.2) is 9.70 Å². The number of anilines is 1. The highest BCUT2D eigenvalue weighted by atomic mass is 32.2. The fourth-order valence-electron chi connectivity index (χ4n) is 4.95. The normalized spacial score (nSPS) is 22.4. The Labute approximate surface area is 206 Å². The van der Waals surface area contributed by atoms with Gasteiger partial charge in [0.05, 0.1) is 4.91 Å². The summed E-state index contributed by atoms with van der Waals surface area (Å²) < 4.78 is 2.15. The van der Waals surface area contributed by atoms with Crippen molar-refractivity contribution in [2.45, 2.75) is 59.8 Å². The molecule has 0 aromatic carbocycles. The van der Waals surface area contributed by atoms with E-state index in [2.05, 4.69) is 31.7 Å². The molecule has 178 valence electrons. The molecule has 1 aromatic rings. The Morgan fingerprint density at radius 2 is 1.85 bits per heavy atom. The van der Waals surface area contributed by atoms with Gasteiger partial charge in [0.1, 0.15) is 21.8 Å². The van der Waals surface area contributed by atoms with E-state index in [0.29, 0.717) is 33.2 Å². The molecule has 2 unspecified atom stereocenters. The molecule has 0 radical (unpaired) electrons. The van der Waals surface area contributed by atoms with Crippen LogP contribution < -0.4 is 10.5 Å². The minimum absolute atomic E-state index is 0.0837. The number of thiocarbonyl (C=S) groups is 1. The molecule has 6 nitrogen and oxygen atoms in total. The largest absolute Gasteiger partial charge is 0.357 e. The summed E-state index contributed by atoms with van der Waals surface area (Å²) in [5.41, 5.74) is 1.22. The molecule has 2 aliphatic rings. The van der Waals surface area contributed by atoms with E-state index in [0.717, 1.165) is 56.6 Å². The van der Waals surface area contributed by atoms with Crippen LogP contribution in [0.25, 0.3) is 6.08 Å². The minimum Gasteiger partial charge on any atom is -0.357 e. The maximum absolute atomic E-state index is 13.2. The van der Waals surface area contributed by atoms with Crippen molar-refractivity contribution in [3.05, 3.63) is 31.9 Å². The molecule has 8 heteroatoms. The highest BCUT2D eigenvalue weighted by Crippen LogP contribution is 2.37. The van der Waals surface area contributed by atoms with Crippen LogP contribution in [0.4, 0.5) is 5.82 Å². The summed E-state index contributed by atoms with van der Waals surface area (Å²) in [5, 5.41) is 9.67. The van der Waals surface area contributed by atoms with Crippen molar-refractivity contribution in [3.63, 3.8) is 0 Å². The summed E-state index contributed by atoms with van der Waals surface area (Å²) in [4.78, 5) is 30.7. The molecule has 2 atom stereocenters. The van der Waals surface area contributed by atoms with Gasteiger partial charge in [0.15, 0.2) is 0 Å². The Morgan fingerprint density at radius 3 is 2.45 bits per heavy atom. The molecule has 0 saturated carbocycles. The molecule has 0 N–H and O–H groups in total. The highest BCUT2D eigenvalue weighted by molar-refractivity contribution is 8.26. The van der Waals surface area contributed by atoms with Gasteiger partial charge in [-0.25, -0.2) is 0 Å². The van der Waals surface area contributed by atoms with Crippen LogP contribution in [0.2, 0.25) is 0 Å². The fraction of sp³-hybridized carbons (Fsp3) is 0.600. The van der Waals surface area contributed by atoms with Crippen LogP contribution in [-0.4, -0.2) is 39.3 Å². The van der Waals surface area contributed by atoms with Gasteiger partial charge in [-0.15, -0.1) is 0 Å². The van der Waals surface area contributed by atoms with Gasteiger partial charge in [0.2, 0.25) is 0 Å². The van der Waals surface area contributed by atoms with Crippen molar-refractivity contribution >= 4 is 46.1 Å². The number of nitriles is 1. The predicted molar refractivity (Wildman–Crippen MR) is 140 cm³/mol. The van der Waals surface area contributed by atoms with E-state index in [1.165, 1.54) is 11.8 Å². The number of hydrogen-bond acceptors (Lipinski definition) is 6. The van der Waals surface area contributed by atoms with E-state index >= 15 is 0 Å². The van der Waals surface area contributed by atoms with Crippen molar-refractivity contribution in [1.82, 2.24) is 9.47 Å². The van der Waals surface area contributed by atoms with E-state index in [-0.39, 0.29) is 17.0 Å². The van der Waals surface area contributed by atoms with Gasteiger partial charge in [-0.1, -0.05) is 64.0 Å². The Morgan fingerprint density at radius 1 is 1.18 bits per heavy atom. The molecule has 1 aromatic heterocycles. The molecule has 2 aliphatic heterocycles. The second kappa shape index (κ2) is 10.9. The number of hydrogen-bond donors (Lipinski definition) is 0. The third kappa shape index (κ3) is 5.36. The van der Waals surface area contributed by atoms with Gasteiger partial charge < -0.3 is 4.90 Å². The van der Waals surface area contributed by atoms with Crippen molar-refractivity contribution in [2.75, 3.05) is 24.5 Å². The monoisotopic (exact) mass is 486 g/mol. The van der Waals surface area contributed by atoms with E-state index in [1.807, 2.05) is 6.08 Å². The van der Waals surface area contributed by atoms with Gasteiger partial charge in [-0.2, -0.15) is 5.26 Å². The van der Waals surface area contributed by atoms with Crippen LogP contribution in [0.1, 0.15) is 69.6 Å². The maximum Gasteiger partial charge on any atom is 0.270 e. The van der Waals surface area contributed by atoms with E-state index < -0.39 is 0 Å². The SMILES string of the molecule is CCCCCCN1C(=O)/C(=C\c2c(C)c(C#N)c(=O)n(C)c2N2CC(C)CC(C)C2)SC1=S. The molecule has 0 aliphatic carbocycles. The first-order valence-corrected chi connectivity index (χ1v) is 13.1. The lowest BCUT2D eigenvalue weighted by Gasteiger charge is -2.38. The lowest BCUT2D eigenvalue weighted by atomic mass is 9.91. The third-order valence-corrected chi connectivity index (χ3v) is 7.90. The van der Waals surface area contributed by atoms with Crippen molar-refractivity contribution in [2.24, 2.45) is 18.9 Å². The average Bonchev–Trinajstić information content (AvgIpc) is 3.02. The topological polar surface area (TPSA) is 69.3 Å². The summed E-state index contributed by atoms with van der Waals surface area (Å²) in [6.07, 6.45) is 7.29. The number of aromatic nitrogens is 1. The quantitative estimate of drug-likeness (QED) is 0.312.